The topological polar surface area (TPSA) is 82.6 Å². The summed E-state index contributed by atoms with van der Waals surface area (Å²) in [5.74, 6) is 1.38. The molecule has 0 aromatic heterocycles. The number of aryl methyl sites for hydroxylation is 1. The normalized spacial score (nSPS) is 12.5. The van der Waals surface area contributed by atoms with Crippen molar-refractivity contribution in [2.75, 3.05) is 26.7 Å². The van der Waals surface area contributed by atoms with Crippen molar-refractivity contribution in [3.63, 3.8) is 0 Å². The van der Waals surface area contributed by atoms with Gasteiger partial charge in [0.05, 0.1) is 4.90 Å². The predicted molar refractivity (Wildman–Crippen MR) is 99.8 cm³/mol. The molecule has 0 atom stereocenters. The van der Waals surface area contributed by atoms with E-state index in [0.717, 1.165) is 18.5 Å². The Morgan fingerprint density at radius 3 is 2.29 bits per heavy atom. The fourth-order valence-electron chi connectivity index (χ4n) is 2.10. The van der Waals surface area contributed by atoms with Crippen molar-refractivity contribution >= 4 is 16.0 Å². The lowest BCUT2D eigenvalue weighted by molar-refractivity contribution is 0.549. The van der Waals surface area contributed by atoms with Crippen LogP contribution in [0.3, 0.4) is 0 Å². The van der Waals surface area contributed by atoms with Gasteiger partial charge in [0, 0.05) is 26.7 Å². The summed E-state index contributed by atoms with van der Waals surface area (Å²) in [7, 11) is -1.76. The Labute approximate surface area is 146 Å². The molecule has 3 N–H and O–H groups in total. The highest BCUT2D eigenvalue weighted by molar-refractivity contribution is 7.89. The maximum atomic E-state index is 12.1. The Bertz CT molecular complexity index is 610. The van der Waals surface area contributed by atoms with Crippen molar-refractivity contribution in [2.24, 2.45) is 10.9 Å². The van der Waals surface area contributed by atoms with Gasteiger partial charge in [0.1, 0.15) is 0 Å². The number of guanidine groups is 1. The van der Waals surface area contributed by atoms with Gasteiger partial charge in [-0.15, -0.1) is 0 Å². The Kier molecular flexibility index (Phi) is 8.78. The van der Waals surface area contributed by atoms with Crippen molar-refractivity contribution in [1.82, 2.24) is 15.4 Å². The first-order valence-corrected chi connectivity index (χ1v) is 9.84. The summed E-state index contributed by atoms with van der Waals surface area (Å²) in [5.41, 5.74) is 1.03. The molecule has 1 aromatic rings. The van der Waals surface area contributed by atoms with Crippen LogP contribution in [-0.2, 0) is 10.0 Å². The summed E-state index contributed by atoms with van der Waals surface area (Å²) in [5, 5.41) is 6.32. The van der Waals surface area contributed by atoms with E-state index in [9.17, 15) is 8.42 Å². The number of sulfonamides is 1. The third-order valence-electron chi connectivity index (χ3n) is 3.52. The molecule has 0 bridgehead atoms. The highest BCUT2D eigenvalue weighted by Crippen LogP contribution is 2.09. The molecule has 0 saturated heterocycles. The van der Waals surface area contributed by atoms with Gasteiger partial charge in [-0.3, -0.25) is 4.99 Å². The quantitative estimate of drug-likeness (QED) is 0.359. The zero-order chi connectivity index (χ0) is 18.0. The van der Waals surface area contributed by atoms with Crippen LogP contribution in [0, 0.1) is 12.8 Å². The fraction of sp³-hybridized carbons (Fsp3) is 0.588. The summed E-state index contributed by atoms with van der Waals surface area (Å²) >= 11 is 0. The monoisotopic (exact) mass is 354 g/mol. The van der Waals surface area contributed by atoms with E-state index in [-0.39, 0.29) is 4.90 Å². The molecular weight excluding hydrogens is 324 g/mol. The van der Waals surface area contributed by atoms with Crippen LogP contribution < -0.4 is 15.4 Å². The largest absolute Gasteiger partial charge is 0.356 e. The molecule has 0 aliphatic carbocycles. The SMILES string of the molecule is CN=C(NCCCC(C)C)NCCNS(=O)(=O)c1ccc(C)cc1. The Balaban J connectivity index is 2.32. The van der Waals surface area contributed by atoms with E-state index in [0.29, 0.717) is 25.0 Å². The van der Waals surface area contributed by atoms with Gasteiger partial charge in [-0.25, -0.2) is 13.1 Å². The van der Waals surface area contributed by atoms with Gasteiger partial charge in [-0.05, 0) is 37.8 Å². The first-order valence-electron chi connectivity index (χ1n) is 8.36. The molecular formula is C17H30N4O2S. The number of benzene rings is 1. The molecule has 0 fully saturated rings. The van der Waals surface area contributed by atoms with Crippen LogP contribution in [-0.4, -0.2) is 41.1 Å². The second-order valence-electron chi connectivity index (χ2n) is 6.17. The van der Waals surface area contributed by atoms with E-state index in [4.69, 9.17) is 0 Å². The highest BCUT2D eigenvalue weighted by atomic mass is 32.2. The molecule has 0 aliphatic heterocycles. The van der Waals surface area contributed by atoms with Crippen molar-refractivity contribution in [1.29, 1.82) is 0 Å². The Morgan fingerprint density at radius 1 is 1.08 bits per heavy atom. The fourth-order valence-corrected chi connectivity index (χ4v) is 3.14. The van der Waals surface area contributed by atoms with Crippen LogP contribution in [0.1, 0.15) is 32.3 Å². The average Bonchev–Trinajstić information content (AvgIpc) is 2.53. The predicted octanol–water partition coefficient (Wildman–Crippen LogP) is 1.87. The lowest BCUT2D eigenvalue weighted by Crippen LogP contribution is -2.41. The number of hydrogen-bond acceptors (Lipinski definition) is 3. The van der Waals surface area contributed by atoms with E-state index in [1.54, 1.807) is 31.3 Å². The van der Waals surface area contributed by atoms with Crippen LogP contribution in [0.15, 0.2) is 34.2 Å². The van der Waals surface area contributed by atoms with Gasteiger partial charge in [0.2, 0.25) is 10.0 Å². The first kappa shape index (κ1) is 20.4. The summed E-state index contributed by atoms with van der Waals surface area (Å²) in [6.07, 6.45) is 2.25. The third-order valence-corrected chi connectivity index (χ3v) is 4.99. The van der Waals surface area contributed by atoms with Gasteiger partial charge in [0.15, 0.2) is 5.96 Å². The first-order chi connectivity index (χ1) is 11.3. The van der Waals surface area contributed by atoms with Crippen molar-refractivity contribution in [3.8, 4) is 0 Å². The lowest BCUT2D eigenvalue weighted by Gasteiger charge is -2.13. The summed E-state index contributed by atoms with van der Waals surface area (Å²) in [6, 6.07) is 6.80. The van der Waals surface area contributed by atoms with Crippen molar-refractivity contribution in [2.45, 2.75) is 38.5 Å². The van der Waals surface area contributed by atoms with Crippen LogP contribution >= 0.6 is 0 Å². The second kappa shape index (κ2) is 10.3. The summed E-state index contributed by atoms with van der Waals surface area (Å²) < 4.78 is 26.9. The zero-order valence-electron chi connectivity index (χ0n) is 15.1. The van der Waals surface area contributed by atoms with Gasteiger partial charge in [-0.2, -0.15) is 0 Å². The van der Waals surface area contributed by atoms with E-state index >= 15 is 0 Å². The van der Waals surface area contributed by atoms with E-state index in [1.165, 1.54) is 6.42 Å². The van der Waals surface area contributed by atoms with Gasteiger partial charge in [-0.1, -0.05) is 31.5 Å². The molecule has 0 amide bonds. The zero-order valence-corrected chi connectivity index (χ0v) is 15.9. The molecule has 1 aromatic carbocycles. The minimum atomic E-state index is -3.46. The molecule has 0 spiro atoms. The van der Waals surface area contributed by atoms with Crippen LogP contribution in [0.2, 0.25) is 0 Å². The molecule has 0 aliphatic rings. The number of aliphatic imine (C=N–C) groups is 1. The standard InChI is InChI=1S/C17H30N4O2S/c1-14(2)6-5-11-19-17(18-4)20-12-13-21-24(22,23)16-9-7-15(3)8-10-16/h7-10,14,21H,5-6,11-13H2,1-4H3,(H2,18,19,20). The van der Waals surface area contributed by atoms with E-state index in [2.05, 4.69) is 34.2 Å². The highest BCUT2D eigenvalue weighted by Gasteiger charge is 2.12. The van der Waals surface area contributed by atoms with Crippen LogP contribution in [0.5, 0.6) is 0 Å². The number of nitrogens with zero attached hydrogens (tertiary/aromatic N) is 1. The molecule has 24 heavy (non-hydrogen) atoms. The summed E-state index contributed by atoms with van der Waals surface area (Å²) in [6.45, 7) is 7.94. The Hall–Kier alpha value is -1.60. The molecule has 1 rings (SSSR count). The lowest BCUT2D eigenvalue weighted by atomic mass is 10.1. The van der Waals surface area contributed by atoms with Crippen molar-refractivity contribution < 1.29 is 8.42 Å². The molecule has 7 heteroatoms. The van der Waals surface area contributed by atoms with Gasteiger partial charge in [0.25, 0.3) is 0 Å². The second-order valence-corrected chi connectivity index (χ2v) is 7.94. The average molecular weight is 355 g/mol. The van der Waals surface area contributed by atoms with Gasteiger partial charge >= 0.3 is 0 Å². The molecule has 0 saturated carbocycles. The molecule has 0 heterocycles. The van der Waals surface area contributed by atoms with Crippen LogP contribution in [0.25, 0.3) is 0 Å². The molecule has 6 nitrogen and oxygen atoms in total. The summed E-state index contributed by atoms with van der Waals surface area (Å²) in [4.78, 5) is 4.41. The smallest absolute Gasteiger partial charge is 0.240 e. The maximum absolute atomic E-state index is 12.1. The third kappa shape index (κ3) is 7.79. The number of nitrogens with one attached hydrogen (secondary N) is 3. The van der Waals surface area contributed by atoms with Gasteiger partial charge < -0.3 is 10.6 Å². The minimum absolute atomic E-state index is 0.282. The molecule has 0 unspecified atom stereocenters. The van der Waals surface area contributed by atoms with Crippen molar-refractivity contribution in [3.05, 3.63) is 29.8 Å². The van der Waals surface area contributed by atoms with E-state index < -0.39 is 10.0 Å². The maximum Gasteiger partial charge on any atom is 0.240 e. The Morgan fingerprint density at radius 2 is 1.71 bits per heavy atom. The molecule has 136 valence electrons. The number of hydrogen-bond donors (Lipinski definition) is 3. The van der Waals surface area contributed by atoms with E-state index in [1.807, 2.05) is 6.92 Å². The number of rotatable bonds is 9. The molecule has 0 radical (unpaired) electrons. The minimum Gasteiger partial charge on any atom is -0.356 e. The van der Waals surface area contributed by atoms with Crippen LogP contribution in [0.4, 0.5) is 0 Å².